The van der Waals surface area contributed by atoms with Crippen LogP contribution in [0.5, 0.6) is 0 Å². The lowest BCUT2D eigenvalue weighted by atomic mass is 10.1. The number of carbonyl (C=O) groups is 2. The largest absolute Gasteiger partial charge is 0.355 e. The first-order valence-corrected chi connectivity index (χ1v) is 9.47. The molecular weight excluding hydrogens is 385 g/mol. The number of rotatable bonds is 8. The van der Waals surface area contributed by atoms with Crippen LogP contribution in [0.2, 0.25) is 10.0 Å². The van der Waals surface area contributed by atoms with Crippen LogP contribution < -0.4 is 15.5 Å². The molecule has 0 aliphatic rings. The minimum Gasteiger partial charge on any atom is -0.355 e. The number of hydrogen-bond acceptors (Lipinski definition) is 2. The predicted molar refractivity (Wildman–Crippen MR) is 108 cm³/mol. The van der Waals surface area contributed by atoms with Crippen molar-refractivity contribution < 1.29 is 14.5 Å². The maximum Gasteiger partial charge on any atom is 0.275 e. The first kappa shape index (κ1) is 21.2. The van der Waals surface area contributed by atoms with Gasteiger partial charge in [0, 0.05) is 34.8 Å². The summed E-state index contributed by atoms with van der Waals surface area (Å²) in [7, 11) is 3.57. The third kappa shape index (κ3) is 6.86. The predicted octanol–water partition coefficient (Wildman–Crippen LogP) is 1.73. The minimum absolute atomic E-state index is 0.0143. The van der Waals surface area contributed by atoms with Gasteiger partial charge in [0.25, 0.3) is 11.8 Å². The molecule has 0 saturated heterocycles. The van der Waals surface area contributed by atoms with Gasteiger partial charge in [0.2, 0.25) is 0 Å². The third-order valence-electron chi connectivity index (χ3n) is 4.14. The molecule has 27 heavy (non-hydrogen) atoms. The summed E-state index contributed by atoms with van der Waals surface area (Å²) in [5.74, 6) is -0.123. The van der Waals surface area contributed by atoms with E-state index in [1.54, 1.807) is 31.3 Å². The summed E-state index contributed by atoms with van der Waals surface area (Å²) >= 11 is 12.0. The van der Waals surface area contributed by atoms with Crippen LogP contribution in [-0.2, 0) is 17.8 Å². The standard InChI is InChI=1S/C20H23Cl2N3O2/c1-23-20(27)16-5-3-14(4-6-16)12-25(2)13-19(26)24-10-9-15-7-8-17(21)11-18(15)22/h3-8,11H,9-10,12-13H2,1-2H3,(H,23,27)(H,24,26)/p+1. The van der Waals surface area contributed by atoms with E-state index in [9.17, 15) is 9.59 Å². The van der Waals surface area contributed by atoms with Gasteiger partial charge in [-0.25, -0.2) is 0 Å². The molecule has 5 nitrogen and oxygen atoms in total. The van der Waals surface area contributed by atoms with Crippen molar-refractivity contribution in [1.82, 2.24) is 10.6 Å². The number of halogens is 2. The van der Waals surface area contributed by atoms with Crippen molar-refractivity contribution in [2.45, 2.75) is 13.0 Å². The molecule has 0 bridgehead atoms. The molecule has 0 aromatic heterocycles. The Hall–Kier alpha value is -2.08. The van der Waals surface area contributed by atoms with Gasteiger partial charge in [0.05, 0.1) is 7.05 Å². The Labute approximate surface area is 169 Å². The summed E-state index contributed by atoms with van der Waals surface area (Å²) in [4.78, 5) is 24.7. The molecule has 3 N–H and O–H groups in total. The number of benzene rings is 2. The first-order valence-electron chi connectivity index (χ1n) is 8.72. The summed E-state index contributed by atoms with van der Waals surface area (Å²) in [6.07, 6.45) is 0.655. The number of carbonyl (C=O) groups excluding carboxylic acids is 2. The molecule has 2 aromatic carbocycles. The van der Waals surface area contributed by atoms with Crippen molar-refractivity contribution in [3.63, 3.8) is 0 Å². The second-order valence-corrected chi connectivity index (χ2v) is 7.27. The summed E-state index contributed by atoms with van der Waals surface area (Å²) in [5, 5.41) is 6.72. The second kappa shape index (κ2) is 10.3. The van der Waals surface area contributed by atoms with Crippen molar-refractivity contribution in [2.75, 3.05) is 27.2 Å². The molecule has 144 valence electrons. The van der Waals surface area contributed by atoms with Crippen LogP contribution >= 0.6 is 23.2 Å². The van der Waals surface area contributed by atoms with Crippen LogP contribution in [0.1, 0.15) is 21.5 Å². The fourth-order valence-electron chi connectivity index (χ4n) is 2.73. The molecule has 0 aliphatic heterocycles. The normalized spacial score (nSPS) is 11.7. The summed E-state index contributed by atoms with van der Waals surface area (Å²) < 4.78 is 0. The third-order valence-corrected chi connectivity index (χ3v) is 4.73. The van der Waals surface area contributed by atoms with E-state index in [2.05, 4.69) is 10.6 Å². The molecule has 0 spiro atoms. The lowest BCUT2D eigenvalue weighted by Crippen LogP contribution is -3.08. The zero-order valence-electron chi connectivity index (χ0n) is 15.4. The van der Waals surface area contributed by atoms with Gasteiger partial charge in [-0.1, -0.05) is 41.4 Å². The molecule has 7 heteroatoms. The van der Waals surface area contributed by atoms with Crippen LogP contribution in [0.3, 0.4) is 0 Å². The van der Waals surface area contributed by atoms with Crippen molar-refractivity contribution >= 4 is 35.0 Å². The fourth-order valence-corrected chi connectivity index (χ4v) is 3.23. The summed E-state index contributed by atoms with van der Waals surface area (Å²) in [6.45, 7) is 1.59. The average molecular weight is 409 g/mol. The highest BCUT2D eigenvalue weighted by molar-refractivity contribution is 6.35. The summed E-state index contributed by atoms with van der Waals surface area (Å²) in [6, 6.07) is 12.8. The van der Waals surface area contributed by atoms with Crippen LogP contribution in [0.25, 0.3) is 0 Å². The van der Waals surface area contributed by atoms with Crippen LogP contribution in [0.15, 0.2) is 42.5 Å². The minimum atomic E-state index is -0.109. The zero-order chi connectivity index (χ0) is 19.8. The molecule has 1 unspecified atom stereocenters. The molecule has 2 amide bonds. The second-order valence-electron chi connectivity index (χ2n) is 6.42. The highest BCUT2D eigenvalue weighted by Crippen LogP contribution is 2.20. The smallest absolute Gasteiger partial charge is 0.275 e. The van der Waals surface area contributed by atoms with E-state index in [-0.39, 0.29) is 11.8 Å². The Morgan fingerprint density at radius 3 is 2.41 bits per heavy atom. The maximum atomic E-state index is 12.1. The van der Waals surface area contributed by atoms with Gasteiger partial charge in [-0.2, -0.15) is 0 Å². The lowest BCUT2D eigenvalue weighted by molar-refractivity contribution is -0.885. The van der Waals surface area contributed by atoms with E-state index in [0.717, 1.165) is 16.0 Å². The lowest BCUT2D eigenvalue weighted by Gasteiger charge is -2.14. The Kier molecular flexibility index (Phi) is 8.10. The molecule has 0 saturated carbocycles. The Bertz CT molecular complexity index is 794. The SMILES string of the molecule is CNC(=O)c1ccc(C[NH+](C)CC(=O)NCCc2ccc(Cl)cc2Cl)cc1. The maximum absolute atomic E-state index is 12.1. The number of nitrogens with one attached hydrogen (secondary N) is 3. The first-order chi connectivity index (χ1) is 12.9. The van der Waals surface area contributed by atoms with Gasteiger partial charge < -0.3 is 15.5 Å². The van der Waals surface area contributed by atoms with E-state index in [4.69, 9.17) is 23.2 Å². The van der Waals surface area contributed by atoms with Crippen molar-refractivity contribution in [3.8, 4) is 0 Å². The van der Waals surface area contributed by atoms with Gasteiger partial charge in [-0.15, -0.1) is 0 Å². The van der Waals surface area contributed by atoms with Gasteiger partial charge in [-0.05, 0) is 36.2 Å². The molecule has 0 heterocycles. The Morgan fingerprint density at radius 2 is 1.78 bits per heavy atom. The van der Waals surface area contributed by atoms with Gasteiger partial charge >= 0.3 is 0 Å². The summed E-state index contributed by atoms with van der Waals surface area (Å²) in [5.41, 5.74) is 2.65. The molecule has 2 rings (SSSR count). The van der Waals surface area contributed by atoms with Crippen LogP contribution in [0, 0.1) is 0 Å². The van der Waals surface area contributed by atoms with E-state index in [1.807, 2.05) is 25.2 Å². The molecule has 0 fully saturated rings. The number of quaternary nitrogens is 1. The quantitative estimate of drug-likeness (QED) is 0.622. The van der Waals surface area contributed by atoms with E-state index in [0.29, 0.717) is 41.7 Å². The highest BCUT2D eigenvalue weighted by atomic mass is 35.5. The van der Waals surface area contributed by atoms with Crippen molar-refractivity contribution in [1.29, 1.82) is 0 Å². The molecular formula is C20H24Cl2N3O2+. The number of amides is 2. The fraction of sp³-hybridized carbons (Fsp3) is 0.300. The van der Waals surface area contributed by atoms with E-state index in [1.165, 1.54) is 0 Å². The molecule has 0 radical (unpaired) electrons. The monoisotopic (exact) mass is 408 g/mol. The van der Waals surface area contributed by atoms with Crippen molar-refractivity contribution in [2.24, 2.45) is 0 Å². The van der Waals surface area contributed by atoms with E-state index >= 15 is 0 Å². The zero-order valence-corrected chi connectivity index (χ0v) is 17.0. The topological polar surface area (TPSA) is 62.6 Å². The molecule has 0 aliphatic carbocycles. The Balaban J connectivity index is 1.75. The molecule has 2 aromatic rings. The molecule has 1 atom stereocenters. The van der Waals surface area contributed by atoms with E-state index < -0.39 is 0 Å². The highest BCUT2D eigenvalue weighted by Gasteiger charge is 2.11. The van der Waals surface area contributed by atoms with Crippen LogP contribution in [0.4, 0.5) is 0 Å². The average Bonchev–Trinajstić information content (AvgIpc) is 2.63. The van der Waals surface area contributed by atoms with Gasteiger partial charge in [-0.3, -0.25) is 9.59 Å². The van der Waals surface area contributed by atoms with Crippen LogP contribution in [-0.4, -0.2) is 39.0 Å². The number of hydrogen-bond donors (Lipinski definition) is 3. The van der Waals surface area contributed by atoms with Gasteiger partial charge in [0.15, 0.2) is 6.54 Å². The number of likely N-dealkylation sites (N-methyl/N-ethyl adjacent to an activating group) is 1. The Morgan fingerprint density at radius 1 is 1.07 bits per heavy atom. The van der Waals surface area contributed by atoms with Gasteiger partial charge in [0.1, 0.15) is 6.54 Å². The van der Waals surface area contributed by atoms with Crippen molar-refractivity contribution in [3.05, 3.63) is 69.2 Å².